The number of phenols is 1. The van der Waals surface area contributed by atoms with Crippen LogP contribution in [0.15, 0.2) is 75.9 Å². The van der Waals surface area contributed by atoms with Crippen LogP contribution in [0.2, 0.25) is 0 Å². The number of benzene rings is 3. The third-order valence-electron chi connectivity index (χ3n) is 7.15. The van der Waals surface area contributed by atoms with E-state index in [4.69, 9.17) is 19.2 Å². The molecule has 8 nitrogen and oxygen atoms in total. The summed E-state index contributed by atoms with van der Waals surface area (Å²) in [5, 5.41) is 19.9. The second-order valence-corrected chi connectivity index (χ2v) is 10.1. The summed E-state index contributed by atoms with van der Waals surface area (Å²) < 4.78 is 18.5. The first-order valence-electron chi connectivity index (χ1n) is 13.6. The van der Waals surface area contributed by atoms with E-state index in [2.05, 4.69) is 22.9 Å². The lowest BCUT2D eigenvalue weighted by atomic mass is 10.1. The molecule has 4 aromatic rings. The minimum Gasteiger partial charge on any atom is -0.507 e. The molecular formula is C32H33N3O5. The molecule has 1 saturated heterocycles. The number of hydrogen-bond acceptors (Lipinski definition) is 8. The highest BCUT2D eigenvalue weighted by Crippen LogP contribution is 2.41. The van der Waals surface area contributed by atoms with Gasteiger partial charge in [0.25, 0.3) is 0 Å². The number of fused-ring (bicyclic) bond motifs is 1. The van der Waals surface area contributed by atoms with E-state index in [0.29, 0.717) is 17.9 Å². The monoisotopic (exact) mass is 539 g/mol. The number of rotatable bonds is 10. The molecule has 8 heteroatoms. The maximum absolute atomic E-state index is 13.1. The molecule has 0 bridgehead atoms. The molecule has 0 atom stereocenters. The van der Waals surface area contributed by atoms with Gasteiger partial charge in [-0.1, -0.05) is 42.5 Å². The van der Waals surface area contributed by atoms with Gasteiger partial charge in [0.05, 0.1) is 18.2 Å². The highest BCUT2D eigenvalue weighted by Gasteiger charge is 2.21. The van der Waals surface area contributed by atoms with Crippen LogP contribution >= 0.6 is 0 Å². The maximum Gasteiger partial charge on any atom is 0.205 e. The average Bonchev–Trinajstić information content (AvgIpc) is 2.98. The van der Waals surface area contributed by atoms with Crippen LogP contribution in [0.4, 0.5) is 0 Å². The summed E-state index contributed by atoms with van der Waals surface area (Å²) in [7, 11) is 2.15. The Labute approximate surface area is 233 Å². The Hall–Kier alpha value is -4.32. The summed E-state index contributed by atoms with van der Waals surface area (Å²) in [5.74, 6) is 0.708. The lowest BCUT2D eigenvalue weighted by Gasteiger charge is -2.32. The van der Waals surface area contributed by atoms with Crippen molar-refractivity contribution in [3.05, 3.63) is 88.1 Å². The molecule has 3 aromatic carbocycles. The Morgan fingerprint density at radius 1 is 0.975 bits per heavy atom. The number of phenolic OH excluding ortho intramolecular Hbond substituents is 1. The van der Waals surface area contributed by atoms with Crippen LogP contribution < -0.4 is 14.9 Å². The highest BCUT2D eigenvalue weighted by atomic mass is 16.5. The normalized spacial score (nSPS) is 14.2. The number of aromatic hydroxyl groups is 1. The van der Waals surface area contributed by atoms with E-state index in [1.54, 1.807) is 12.1 Å². The van der Waals surface area contributed by atoms with Gasteiger partial charge in [-0.3, -0.25) is 4.79 Å². The summed E-state index contributed by atoms with van der Waals surface area (Å²) in [6, 6.07) is 21.3. The average molecular weight is 540 g/mol. The van der Waals surface area contributed by atoms with Crippen molar-refractivity contribution in [3.8, 4) is 34.6 Å². The summed E-state index contributed by atoms with van der Waals surface area (Å²) >= 11 is 0. The molecule has 0 saturated carbocycles. The SMILES string of the molecule is CN1CCN(CCCCOc2c(OCc3ccc(C#N)cc3)cc(O)c3c(=O)cc(-c4ccccc4)oc23)CC1. The molecule has 1 fully saturated rings. The van der Waals surface area contributed by atoms with E-state index in [0.717, 1.165) is 56.7 Å². The van der Waals surface area contributed by atoms with Crippen LogP contribution in [0.3, 0.4) is 0 Å². The fraction of sp³-hybridized carbons (Fsp3) is 0.312. The number of unbranched alkanes of at least 4 members (excludes halogenated alkanes) is 1. The predicted molar refractivity (Wildman–Crippen MR) is 154 cm³/mol. The summed E-state index contributed by atoms with van der Waals surface area (Å²) in [6.45, 7) is 5.89. The molecule has 1 aromatic heterocycles. The molecule has 40 heavy (non-hydrogen) atoms. The molecule has 0 amide bonds. The van der Waals surface area contributed by atoms with E-state index in [1.165, 1.54) is 12.1 Å². The second-order valence-electron chi connectivity index (χ2n) is 10.1. The van der Waals surface area contributed by atoms with Crippen molar-refractivity contribution >= 4 is 11.0 Å². The number of piperazine rings is 1. The first-order valence-corrected chi connectivity index (χ1v) is 13.6. The van der Waals surface area contributed by atoms with Gasteiger partial charge in [-0.05, 0) is 44.1 Å². The Morgan fingerprint density at radius 3 is 2.45 bits per heavy atom. The fourth-order valence-corrected chi connectivity index (χ4v) is 4.78. The lowest BCUT2D eigenvalue weighted by molar-refractivity contribution is 0.149. The van der Waals surface area contributed by atoms with Crippen molar-refractivity contribution in [2.45, 2.75) is 19.4 Å². The van der Waals surface area contributed by atoms with E-state index in [-0.39, 0.29) is 40.3 Å². The molecule has 5 rings (SSSR count). The standard InChI is InChI=1S/C32H33N3O5/c1-34-14-16-35(17-15-34)13-5-6-18-38-31-29(39-22-24-11-9-23(21-33)10-12-24)20-27(37)30-26(36)19-28(40-32(30)31)25-7-3-2-4-8-25/h2-4,7-12,19-20,37H,5-6,13-18,22H2,1H3. The Kier molecular flexibility index (Phi) is 8.65. The first kappa shape index (κ1) is 27.3. The van der Waals surface area contributed by atoms with Crippen LogP contribution in [0, 0.1) is 11.3 Å². The zero-order valence-electron chi connectivity index (χ0n) is 22.6. The minimum atomic E-state index is -0.365. The van der Waals surface area contributed by atoms with Crippen molar-refractivity contribution < 1.29 is 19.0 Å². The van der Waals surface area contributed by atoms with E-state index < -0.39 is 0 Å². The van der Waals surface area contributed by atoms with Gasteiger partial charge in [-0.15, -0.1) is 0 Å². The molecule has 1 aliphatic heterocycles. The minimum absolute atomic E-state index is 0.0536. The molecule has 0 spiro atoms. The number of ether oxygens (including phenoxy) is 2. The predicted octanol–water partition coefficient (Wildman–Crippen LogP) is 5.02. The van der Waals surface area contributed by atoms with Gasteiger partial charge >= 0.3 is 0 Å². The smallest absolute Gasteiger partial charge is 0.205 e. The maximum atomic E-state index is 13.1. The van der Waals surface area contributed by atoms with Crippen molar-refractivity contribution in [3.63, 3.8) is 0 Å². The van der Waals surface area contributed by atoms with Gasteiger partial charge in [0.2, 0.25) is 5.75 Å². The zero-order valence-corrected chi connectivity index (χ0v) is 22.6. The fourth-order valence-electron chi connectivity index (χ4n) is 4.78. The number of likely N-dealkylation sites (N-methyl/N-ethyl adjacent to an activating group) is 1. The van der Waals surface area contributed by atoms with Gasteiger partial charge in [-0.25, -0.2) is 0 Å². The third-order valence-corrected chi connectivity index (χ3v) is 7.15. The molecular weight excluding hydrogens is 506 g/mol. The Bertz CT molecular complexity index is 1540. The quantitative estimate of drug-likeness (QED) is 0.281. The second kappa shape index (κ2) is 12.7. The molecule has 0 radical (unpaired) electrons. The van der Waals surface area contributed by atoms with Crippen LogP contribution in [-0.4, -0.2) is 61.3 Å². The van der Waals surface area contributed by atoms with Crippen molar-refractivity contribution in [2.24, 2.45) is 0 Å². The number of nitrogens with zero attached hydrogens (tertiary/aromatic N) is 3. The number of nitriles is 1. The zero-order chi connectivity index (χ0) is 27.9. The lowest BCUT2D eigenvalue weighted by Crippen LogP contribution is -2.44. The van der Waals surface area contributed by atoms with Gasteiger partial charge in [0, 0.05) is 43.9 Å². The van der Waals surface area contributed by atoms with Crippen LogP contribution in [0.1, 0.15) is 24.0 Å². The number of hydrogen-bond donors (Lipinski definition) is 1. The van der Waals surface area contributed by atoms with Crippen LogP contribution in [-0.2, 0) is 6.61 Å². The van der Waals surface area contributed by atoms with Gasteiger partial charge in [-0.2, -0.15) is 5.26 Å². The Morgan fingerprint density at radius 2 is 1.73 bits per heavy atom. The molecule has 1 N–H and O–H groups in total. The summed E-state index contributed by atoms with van der Waals surface area (Å²) in [4.78, 5) is 17.9. The summed E-state index contributed by atoms with van der Waals surface area (Å²) in [5.41, 5.74) is 1.93. The van der Waals surface area contributed by atoms with Gasteiger partial charge in [0.15, 0.2) is 16.8 Å². The molecule has 1 aliphatic rings. The highest BCUT2D eigenvalue weighted by molar-refractivity contribution is 5.91. The van der Waals surface area contributed by atoms with Crippen LogP contribution in [0.5, 0.6) is 17.2 Å². The van der Waals surface area contributed by atoms with E-state index in [9.17, 15) is 9.90 Å². The van der Waals surface area contributed by atoms with E-state index >= 15 is 0 Å². The topological polar surface area (TPSA) is 99.2 Å². The van der Waals surface area contributed by atoms with Crippen molar-refractivity contribution in [1.82, 2.24) is 9.80 Å². The molecule has 2 heterocycles. The summed E-state index contributed by atoms with van der Waals surface area (Å²) in [6.07, 6.45) is 1.78. The Balaban J connectivity index is 1.41. The van der Waals surface area contributed by atoms with Crippen LogP contribution in [0.25, 0.3) is 22.3 Å². The molecule has 0 aliphatic carbocycles. The van der Waals surface area contributed by atoms with Gasteiger partial charge < -0.3 is 28.8 Å². The molecule has 0 unspecified atom stereocenters. The largest absolute Gasteiger partial charge is 0.507 e. The first-order chi connectivity index (χ1) is 19.5. The molecule has 206 valence electrons. The van der Waals surface area contributed by atoms with Gasteiger partial charge in [0.1, 0.15) is 23.5 Å². The third kappa shape index (κ3) is 6.45. The van der Waals surface area contributed by atoms with Crippen molar-refractivity contribution in [2.75, 3.05) is 46.4 Å². The van der Waals surface area contributed by atoms with Crippen molar-refractivity contribution in [1.29, 1.82) is 5.26 Å². The van der Waals surface area contributed by atoms with E-state index in [1.807, 2.05) is 42.5 Å².